The van der Waals surface area contributed by atoms with Crippen LogP contribution < -0.4 is 11.3 Å². The molecule has 0 unspecified atom stereocenters. The Hall–Kier alpha value is -1.39. The Morgan fingerprint density at radius 3 is 2.83 bits per heavy atom. The molecule has 0 bridgehead atoms. The second-order valence-corrected chi connectivity index (χ2v) is 2.31. The number of nitrogens with two attached hydrogens (primary N) is 1. The molecule has 1 heterocycles. The number of pyridine rings is 1. The highest BCUT2D eigenvalue weighted by molar-refractivity contribution is 5.33. The molecule has 66 valence electrons. The third kappa shape index (κ3) is 1.81. The Bertz CT molecular complexity index is 321. The third-order valence-electron chi connectivity index (χ3n) is 1.38. The molecule has 0 aromatic carbocycles. The first-order chi connectivity index (χ1) is 5.61. The van der Waals surface area contributed by atoms with Crippen LogP contribution in [0.4, 0.5) is 14.5 Å². The molecule has 0 aliphatic carbocycles. The van der Waals surface area contributed by atoms with Gasteiger partial charge in [0.2, 0.25) is 0 Å². The van der Waals surface area contributed by atoms with Gasteiger partial charge in [0.25, 0.3) is 12.0 Å². The van der Waals surface area contributed by atoms with E-state index in [-0.39, 0.29) is 5.69 Å². The molecule has 0 aliphatic rings. The van der Waals surface area contributed by atoms with E-state index in [2.05, 4.69) is 0 Å². The smallest absolute Gasteiger partial charge is 0.273 e. The zero-order valence-electron chi connectivity index (χ0n) is 6.21. The highest BCUT2D eigenvalue weighted by atomic mass is 19.3. The minimum Gasteiger partial charge on any atom is -0.394 e. The largest absolute Gasteiger partial charge is 0.394 e. The fraction of sp³-hybridized carbons (Fsp3) is 0.286. The molecular weight excluding hydrogens is 166 g/mol. The lowest BCUT2D eigenvalue weighted by Crippen LogP contribution is -2.24. The molecule has 12 heavy (non-hydrogen) atoms. The lowest BCUT2D eigenvalue weighted by atomic mass is 10.4. The summed E-state index contributed by atoms with van der Waals surface area (Å²) in [6.07, 6.45) is -1.25. The second kappa shape index (κ2) is 3.34. The molecule has 0 aliphatic heterocycles. The molecule has 1 aromatic heterocycles. The molecule has 1 aromatic rings. The van der Waals surface area contributed by atoms with Crippen molar-refractivity contribution in [2.24, 2.45) is 0 Å². The molecule has 2 N–H and O–H groups in total. The minimum atomic E-state index is -2.54. The number of hydrogen-bond acceptors (Lipinski definition) is 2. The molecular formula is C7H8F2N2O. The topological polar surface area (TPSA) is 48.0 Å². The van der Waals surface area contributed by atoms with Crippen LogP contribution in [0.25, 0.3) is 0 Å². The number of anilines is 1. The molecule has 0 amide bonds. The number of alkyl halides is 2. The van der Waals surface area contributed by atoms with Gasteiger partial charge in [-0.1, -0.05) is 0 Å². The fourth-order valence-electron chi connectivity index (χ4n) is 0.848. The van der Waals surface area contributed by atoms with Crippen molar-refractivity contribution in [2.75, 3.05) is 5.73 Å². The predicted molar refractivity (Wildman–Crippen MR) is 41.1 cm³/mol. The van der Waals surface area contributed by atoms with Crippen LogP contribution in [-0.4, -0.2) is 11.0 Å². The highest BCUT2D eigenvalue weighted by Crippen LogP contribution is 1.97. The Kier molecular flexibility index (Phi) is 2.42. The van der Waals surface area contributed by atoms with E-state index in [4.69, 9.17) is 5.73 Å². The van der Waals surface area contributed by atoms with Gasteiger partial charge in [0.1, 0.15) is 0 Å². The van der Waals surface area contributed by atoms with Crippen LogP contribution in [0.15, 0.2) is 23.1 Å². The summed E-state index contributed by atoms with van der Waals surface area (Å²) in [6, 6.07) is 2.84. The van der Waals surface area contributed by atoms with Crippen molar-refractivity contribution in [2.45, 2.75) is 13.0 Å². The minimum absolute atomic E-state index is 0.0156. The number of hydrogen-bond donors (Lipinski definition) is 1. The van der Waals surface area contributed by atoms with Crippen molar-refractivity contribution in [3.63, 3.8) is 0 Å². The van der Waals surface area contributed by atoms with Gasteiger partial charge in [-0.15, -0.1) is 0 Å². The Labute approximate surface area is 67.4 Å². The van der Waals surface area contributed by atoms with Gasteiger partial charge in [0.05, 0.1) is 12.2 Å². The van der Waals surface area contributed by atoms with Gasteiger partial charge in [-0.25, -0.2) is 8.78 Å². The van der Waals surface area contributed by atoms with E-state index >= 15 is 0 Å². The fourth-order valence-corrected chi connectivity index (χ4v) is 0.848. The maximum absolute atomic E-state index is 11.8. The molecule has 0 fully saturated rings. The monoisotopic (exact) mass is 174 g/mol. The molecule has 3 nitrogen and oxygen atoms in total. The van der Waals surface area contributed by atoms with E-state index in [0.717, 1.165) is 4.57 Å². The van der Waals surface area contributed by atoms with E-state index in [1.54, 1.807) is 0 Å². The molecule has 0 saturated heterocycles. The van der Waals surface area contributed by atoms with Crippen LogP contribution in [0.5, 0.6) is 0 Å². The predicted octanol–water partition coefficient (Wildman–Crippen LogP) is 0.696. The summed E-state index contributed by atoms with van der Waals surface area (Å²) in [5.74, 6) is 0. The van der Waals surface area contributed by atoms with Crippen molar-refractivity contribution in [1.82, 2.24) is 4.57 Å². The zero-order valence-corrected chi connectivity index (χ0v) is 6.21. The van der Waals surface area contributed by atoms with Crippen LogP contribution >= 0.6 is 0 Å². The van der Waals surface area contributed by atoms with Crippen LogP contribution in [0.3, 0.4) is 0 Å². The van der Waals surface area contributed by atoms with E-state index in [1.807, 2.05) is 0 Å². The summed E-state index contributed by atoms with van der Waals surface area (Å²) >= 11 is 0. The molecule has 0 saturated carbocycles. The van der Waals surface area contributed by atoms with Crippen LogP contribution in [-0.2, 0) is 6.54 Å². The average Bonchev–Trinajstić information content (AvgIpc) is 1.98. The average molecular weight is 174 g/mol. The lowest BCUT2D eigenvalue weighted by molar-refractivity contribution is 0.125. The Morgan fingerprint density at radius 1 is 1.58 bits per heavy atom. The third-order valence-corrected chi connectivity index (χ3v) is 1.38. The molecule has 1 rings (SSSR count). The number of aromatic nitrogens is 1. The summed E-state index contributed by atoms with van der Waals surface area (Å²) in [4.78, 5) is 11.0. The van der Waals surface area contributed by atoms with E-state index < -0.39 is 18.5 Å². The Balaban J connectivity index is 3.01. The van der Waals surface area contributed by atoms with Gasteiger partial charge in [0.15, 0.2) is 0 Å². The van der Waals surface area contributed by atoms with Gasteiger partial charge < -0.3 is 10.3 Å². The number of halogens is 2. The van der Waals surface area contributed by atoms with Gasteiger partial charge in [-0.3, -0.25) is 4.79 Å². The van der Waals surface area contributed by atoms with Crippen LogP contribution in [0, 0.1) is 0 Å². The van der Waals surface area contributed by atoms with Crippen LogP contribution in [0.2, 0.25) is 0 Å². The number of nitrogen functional groups attached to an aromatic ring is 1. The summed E-state index contributed by atoms with van der Waals surface area (Å²) in [7, 11) is 0. The first kappa shape index (κ1) is 8.70. The van der Waals surface area contributed by atoms with Gasteiger partial charge in [-0.2, -0.15) is 0 Å². The molecule has 0 radical (unpaired) electrons. The van der Waals surface area contributed by atoms with Crippen molar-refractivity contribution >= 4 is 5.69 Å². The normalized spacial score (nSPS) is 10.6. The van der Waals surface area contributed by atoms with Crippen molar-refractivity contribution < 1.29 is 8.78 Å². The first-order valence-corrected chi connectivity index (χ1v) is 3.34. The maximum atomic E-state index is 11.8. The van der Waals surface area contributed by atoms with E-state index in [9.17, 15) is 13.6 Å². The number of nitrogens with zero attached hydrogens (tertiary/aromatic N) is 1. The Morgan fingerprint density at radius 2 is 2.25 bits per heavy atom. The van der Waals surface area contributed by atoms with E-state index in [1.165, 1.54) is 18.3 Å². The summed E-state index contributed by atoms with van der Waals surface area (Å²) < 4.78 is 24.6. The first-order valence-electron chi connectivity index (χ1n) is 3.34. The zero-order chi connectivity index (χ0) is 9.14. The standard InChI is InChI=1S/C7H8F2N2O/c8-6(9)4-11-3-1-2-5(10)7(11)12/h1-3,6H,4,10H2. The summed E-state index contributed by atoms with van der Waals surface area (Å²) in [6.45, 7) is -0.607. The van der Waals surface area contributed by atoms with Crippen LogP contribution in [0.1, 0.15) is 0 Å². The summed E-state index contributed by atoms with van der Waals surface area (Å²) in [5, 5.41) is 0. The quantitative estimate of drug-likeness (QED) is 0.717. The van der Waals surface area contributed by atoms with Gasteiger partial charge in [-0.05, 0) is 12.1 Å². The van der Waals surface area contributed by atoms with Crippen molar-refractivity contribution in [3.8, 4) is 0 Å². The van der Waals surface area contributed by atoms with Crippen molar-refractivity contribution in [3.05, 3.63) is 28.7 Å². The molecule has 5 heteroatoms. The lowest BCUT2D eigenvalue weighted by Gasteiger charge is -2.03. The molecule has 0 spiro atoms. The van der Waals surface area contributed by atoms with Gasteiger partial charge in [0, 0.05) is 6.20 Å². The summed E-state index contributed by atoms with van der Waals surface area (Å²) in [5.41, 5.74) is 4.63. The molecule has 0 atom stereocenters. The SMILES string of the molecule is Nc1cccn(CC(F)F)c1=O. The maximum Gasteiger partial charge on any atom is 0.273 e. The van der Waals surface area contributed by atoms with Gasteiger partial charge >= 0.3 is 0 Å². The van der Waals surface area contributed by atoms with E-state index in [0.29, 0.717) is 0 Å². The second-order valence-electron chi connectivity index (χ2n) is 2.31. The van der Waals surface area contributed by atoms with Crippen molar-refractivity contribution in [1.29, 1.82) is 0 Å². The highest BCUT2D eigenvalue weighted by Gasteiger charge is 2.05. The number of rotatable bonds is 2.